The molecule has 8 nitrogen and oxygen atoms in total. The second kappa shape index (κ2) is 12.7. The number of halogens is 1. The van der Waals surface area contributed by atoms with E-state index in [2.05, 4.69) is 10.6 Å². The molecule has 2 rings (SSSR count). The number of carbonyl (C=O) groups excluding carboxylic acids is 3. The Labute approximate surface area is 198 Å². The number of carbonyl (C=O) groups is 3. The molecule has 2 amide bonds. The molecule has 184 valence electrons. The molecule has 0 fully saturated rings. The van der Waals surface area contributed by atoms with Crippen LogP contribution in [0, 0.1) is 11.7 Å². The van der Waals surface area contributed by atoms with Gasteiger partial charge < -0.3 is 25.6 Å². The number of benzene rings is 2. The number of methoxy groups -OCH3 is 1. The number of amides is 2. The van der Waals surface area contributed by atoms with Crippen molar-refractivity contribution in [1.82, 2.24) is 10.6 Å². The second-order valence-corrected chi connectivity index (χ2v) is 8.47. The quantitative estimate of drug-likeness (QED) is 0.371. The summed E-state index contributed by atoms with van der Waals surface area (Å²) in [5.41, 5.74) is 0.627. The molecule has 2 aromatic carbocycles. The normalized spacial score (nSPS) is 13.6. The van der Waals surface area contributed by atoms with Crippen LogP contribution in [0.1, 0.15) is 42.6 Å². The van der Waals surface area contributed by atoms with Crippen LogP contribution in [-0.2, 0) is 20.7 Å². The lowest BCUT2D eigenvalue weighted by molar-refractivity contribution is -0.145. The number of nitrogens with one attached hydrogen (secondary N) is 2. The molecule has 0 aliphatic rings. The van der Waals surface area contributed by atoms with Gasteiger partial charge in [0.05, 0.1) is 31.2 Å². The van der Waals surface area contributed by atoms with Gasteiger partial charge in [-0.1, -0.05) is 38.1 Å². The minimum absolute atomic E-state index is 0.00551. The van der Waals surface area contributed by atoms with Crippen molar-refractivity contribution in [1.29, 1.82) is 0 Å². The minimum Gasteiger partial charge on any atom is -0.507 e. The van der Waals surface area contributed by atoms with Crippen LogP contribution in [-0.4, -0.2) is 53.3 Å². The molecule has 0 radical (unpaired) electrons. The number of hydrogen-bond donors (Lipinski definition) is 4. The molecule has 0 saturated carbocycles. The summed E-state index contributed by atoms with van der Waals surface area (Å²) in [6.07, 6.45) is -1.28. The third-order valence-electron chi connectivity index (χ3n) is 5.22. The maximum atomic E-state index is 13.3. The summed E-state index contributed by atoms with van der Waals surface area (Å²) in [4.78, 5) is 37.3. The number of ether oxygens (including phenoxy) is 1. The van der Waals surface area contributed by atoms with Crippen molar-refractivity contribution < 1.29 is 33.7 Å². The van der Waals surface area contributed by atoms with Crippen LogP contribution in [0.5, 0.6) is 5.75 Å². The van der Waals surface area contributed by atoms with Crippen LogP contribution in [0.2, 0.25) is 0 Å². The highest BCUT2D eigenvalue weighted by atomic mass is 19.1. The molecule has 0 unspecified atom stereocenters. The van der Waals surface area contributed by atoms with Crippen LogP contribution < -0.4 is 10.6 Å². The fourth-order valence-electron chi connectivity index (χ4n) is 3.48. The number of aliphatic hydroxyl groups excluding tert-OH is 1. The highest BCUT2D eigenvalue weighted by Gasteiger charge is 2.28. The van der Waals surface area contributed by atoms with Gasteiger partial charge in [0, 0.05) is 0 Å². The first-order valence-electron chi connectivity index (χ1n) is 11.0. The van der Waals surface area contributed by atoms with Gasteiger partial charge in [0.2, 0.25) is 5.91 Å². The Morgan fingerprint density at radius 1 is 1.03 bits per heavy atom. The lowest BCUT2D eigenvalue weighted by atomic mass is 9.97. The molecular weight excluding hydrogens is 443 g/mol. The van der Waals surface area contributed by atoms with E-state index in [9.17, 15) is 29.0 Å². The van der Waals surface area contributed by atoms with E-state index in [1.807, 2.05) is 13.8 Å². The molecule has 9 heteroatoms. The number of aliphatic hydroxyl groups is 1. The predicted molar refractivity (Wildman–Crippen MR) is 123 cm³/mol. The smallest absolute Gasteiger partial charge is 0.328 e. The van der Waals surface area contributed by atoms with Gasteiger partial charge in [-0.2, -0.15) is 0 Å². The molecular formula is C25H31FN2O6. The van der Waals surface area contributed by atoms with E-state index in [4.69, 9.17) is 4.74 Å². The topological polar surface area (TPSA) is 125 Å². The van der Waals surface area contributed by atoms with E-state index in [1.54, 1.807) is 12.1 Å². The number of para-hydroxylation sites is 1. The zero-order valence-electron chi connectivity index (χ0n) is 19.5. The first-order chi connectivity index (χ1) is 16.1. The summed E-state index contributed by atoms with van der Waals surface area (Å²) >= 11 is 0. The summed E-state index contributed by atoms with van der Waals surface area (Å²) in [7, 11) is 1.23. The Kier molecular flexibility index (Phi) is 10.0. The standard InChI is InChI=1S/C25H31FN2O6/c1-15(2)12-20(25(33)34-3)27-23(31)14-22(30)19(13-16-8-10-17(26)11-9-16)28-24(32)18-6-4-5-7-21(18)29/h4-11,15,19-20,22,29-30H,12-14H2,1-3H3,(H,27,31)(H,28,32)/t19-,20-,22-/m0/s1. The summed E-state index contributed by atoms with van der Waals surface area (Å²) in [5.74, 6) is -2.38. The highest BCUT2D eigenvalue weighted by molar-refractivity contribution is 5.97. The lowest BCUT2D eigenvalue weighted by Crippen LogP contribution is -2.48. The van der Waals surface area contributed by atoms with Crippen molar-refractivity contribution in [3.63, 3.8) is 0 Å². The van der Waals surface area contributed by atoms with Crippen LogP contribution in [0.4, 0.5) is 4.39 Å². The fraction of sp³-hybridized carbons (Fsp3) is 0.400. The minimum atomic E-state index is -1.34. The van der Waals surface area contributed by atoms with E-state index >= 15 is 0 Å². The van der Waals surface area contributed by atoms with Crippen molar-refractivity contribution >= 4 is 17.8 Å². The van der Waals surface area contributed by atoms with Crippen molar-refractivity contribution in [3.05, 3.63) is 65.5 Å². The Bertz CT molecular complexity index is 980. The maximum Gasteiger partial charge on any atom is 0.328 e. The predicted octanol–water partition coefficient (Wildman–Crippen LogP) is 2.33. The summed E-state index contributed by atoms with van der Waals surface area (Å²) in [6.45, 7) is 3.79. The van der Waals surface area contributed by atoms with Gasteiger partial charge in [-0.15, -0.1) is 0 Å². The van der Waals surface area contributed by atoms with Crippen LogP contribution >= 0.6 is 0 Å². The van der Waals surface area contributed by atoms with Crippen LogP contribution in [0.3, 0.4) is 0 Å². The molecule has 0 saturated heterocycles. The van der Waals surface area contributed by atoms with E-state index in [0.717, 1.165) is 0 Å². The highest BCUT2D eigenvalue weighted by Crippen LogP contribution is 2.17. The molecule has 34 heavy (non-hydrogen) atoms. The van der Waals surface area contributed by atoms with E-state index < -0.39 is 48.2 Å². The molecule has 0 heterocycles. The number of phenolic OH excluding ortho intramolecular Hbond substituents is 1. The van der Waals surface area contributed by atoms with Crippen molar-refractivity contribution in [2.45, 2.75) is 51.3 Å². The molecule has 0 aliphatic carbocycles. The number of esters is 1. The molecule has 3 atom stereocenters. The van der Waals surface area contributed by atoms with Gasteiger partial charge in [0.25, 0.3) is 5.91 Å². The molecule has 4 N–H and O–H groups in total. The van der Waals surface area contributed by atoms with Crippen molar-refractivity contribution in [2.75, 3.05) is 7.11 Å². The summed E-state index contributed by atoms with van der Waals surface area (Å²) in [6, 6.07) is 9.65. The third kappa shape index (κ3) is 8.15. The van der Waals surface area contributed by atoms with Gasteiger partial charge in [-0.05, 0) is 48.6 Å². The van der Waals surface area contributed by atoms with Gasteiger partial charge in [0.15, 0.2) is 0 Å². The number of hydrogen-bond acceptors (Lipinski definition) is 6. The van der Waals surface area contributed by atoms with Crippen LogP contribution in [0.25, 0.3) is 0 Å². The summed E-state index contributed by atoms with van der Waals surface area (Å²) in [5, 5.41) is 26.0. The monoisotopic (exact) mass is 474 g/mol. The number of rotatable bonds is 11. The van der Waals surface area contributed by atoms with E-state index in [0.29, 0.717) is 12.0 Å². The lowest BCUT2D eigenvalue weighted by Gasteiger charge is -2.25. The zero-order chi connectivity index (χ0) is 25.3. The molecule has 0 aromatic heterocycles. The number of phenols is 1. The number of aromatic hydroxyl groups is 1. The largest absolute Gasteiger partial charge is 0.507 e. The van der Waals surface area contributed by atoms with Crippen molar-refractivity contribution in [3.8, 4) is 5.75 Å². The van der Waals surface area contributed by atoms with Crippen LogP contribution in [0.15, 0.2) is 48.5 Å². The Morgan fingerprint density at radius 3 is 2.26 bits per heavy atom. The SMILES string of the molecule is COC(=O)[C@H](CC(C)C)NC(=O)C[C@H](O)[C@H](Cc1ccc(F)cc1)NC(=O)c1ccccc1O. The average Bonchev–Trinajstić information content (AvgIpc) is 2.78. The average molecular weight is 475 g/mol. The van der Waals surface area contributed by atoms with Gasteiger partial charge in [0.1, 0.15) is 17.6 Å². The summed E-state index contributed by atoms with van der Waals surface area (Å²) < 4.78 is 18.0. The molecule has 2 aromatic rings. The molecule has 0 bridgehead atoms. The first-order valence-corrected chi connectivity index (χ1v) is 11.0. The fourth-order valence-corrected chi connectivity index (χ4v) is 3.48. The third-order valence-corrected chi connectivity index (χ3v) is 5.22. The first kappa shape index (κ1) is 26.8. The molecule has 0 spiro atoms. The molecule has 0 aliphatic heterocycles. The van der Waals surface area contributed by atoms with Gasteiger partial charge >= 0.3 is 5.97 Å². The van der Waals surface area contributed by atoms with Gasteiger partial charge in [-0.3, -0.25) is 9.59 Å². The van der Waals surface area contributed by atoms with E-state index in [1.165, 1.54) is 43.5 Å². The zero-order valence-corrected chi connectivity index (χ0v) is 19.5. The Hall–Kier alpha value is -3.46. The van der Waals surface area contributed by atoms with Crippen molar-refractivity contribution in [2.24, 2.45) is 5.92 Å². The Morgan fingerprint density at radius 2 is 1.68 bits per heavy atom. The maximum absolute atomic E-state index is 13.3. The second-order valence-electron chi connectivity index (χ2n) is 8.47. The van der Waals surface area contributed by atoms with E-state index in [-0.39, 0.29) is 23.7 Å². The Balaban J connectivity index is 2.16. The van der Waals surface area contributed by atoms with Gasteiger partial charge in [-0.25, -0.2) is 9.18 Å².